The SMILES string of the molecule is C=C(C)c1cc(C(=O)NCc2c(C)cc(C)[nH]c2=O)c2cnn(C3CCCC3)c2c1. The standard InChI is InChI=1S/C24H28N4O2/c1-14(2)17-10-19(21-13-26-28(22(21)11-17)18-7-5-6-8-18)23(29)25-12-20-15(3)9-16(4)27-24(20)30/h9-11,13,18H,1,5-8,12H2,2-4H3,(H,25,29)(H,27,30). The molecule has 6 heteroatoms. The summed E-state index contributed by atoms with van der Waals surface area (Å²) in [4.78, 5) is 28.2. The average molecular weight is 405 g/mol. The number of allylic oxidation sites excluding steroid dienone is 1. The van der Waals surface area contributed by atoms with Crippen molar-refractivity contribution in [3.05, 3.63) is 69.3 Å². The first-order valence-corrected chi connectivity index (χ1v) is 10.5. The Morgan fingerprint density at radius 3 is 2.67 bits per heavy atom. The third-order valence-corrected chi connectivity index (χ3v) is 6.04. The molecule has 2 heterocycles. The molecule has 1 fully saturated rings. The van der Waals surface area contributed by atoms with Gasteiger partial charge >= 0.3 is 0 Å². The maximum Gasteiger partial charge on any atom is 0.253 e. The van der Waals surface area contributed by atoms with E-state index in [2.05, 4.69) is 32.7 Å². The average Bonchev–Trinajstić information content (AvgIpc) is 3.35. The zero-order valence-corrected chi connectivity index (χ0v) is 17.8. The van der Waals surface area contributed by atoms with Gasteiger partial charge in [-0.1, -0.05) is 25.0 Å². The van der Waals surface area contributed by atoms with Crippen LogP contribution in [0.4, 0.5) is 0 Å². The van der Waals surface area contributed by atoms with Crippen LogP contribution in [-0.4, -0.2) is 20.7 Å². The number of nitrogens with one attached hydrogen (secondary N) is 2. The smallest absolute Gasteiger partial charge is 0.253 e. The number of H-pyrrole nitrogens is 1. The van der Waals surface area contributed by atoms with Gasteiger partial charge in [-0.05, 0) is 62.9 Å². The molecule has 0 saturated heterocycles. The van der Waals surface area contributed by atoms with Crippen LogP contribution in [0, 0.1) is 13.8 Å². The summed E-state index contributed by atoms with van der Waals surface area (Å²) in [6.45, 7) is 9.91. The Morgan fingerprint density at radius 2 is 2.00 bits per heavy atom. The van der Waals surface area contributed by atoms with Crippen LogP contribution >= 0.6 is 0 Å². The molecule has 0 bridgehead atoms. The molecule has 1 aliphatic rings. The van der Waals surface area contributed by atoms with E-state index >= 15 is 0 Å². The fraction of sp³-hybridized carbons (Fsp3) is 0.375. The number of hydrogen-bond donors (Lipinski definition) is 2. The summed E-state index contributed by atoms with van der Waals surface area (Å²) in [7, 11) is 0. The molecular weight excluding hydrogens is 376 g/mol. The Balaban J connectivity index is 1.70. The van der Waals surface area contributed by atoms with Gasteiger partial charge in [0.1, 0.15) is 0 Å². The molecule has 0 atom stereocenters. The highest BCUT2D eigenvalue weighted by atomic mass is 16.1. The lowest BCUT2D eigenvalue weighted by molar-refractivity contribution is 0.0952. The molecule has 0 aliphatic heterocycles. The minimum Gasteiger partial charge on any atom is -0.348 e. The van der Waals surface area contributed by atoms with Crippen molar-refractivity contribution < 1.29 is 4.79 Å². The van der Waals surface area contributed by atoms with E-state index in [1.54, 1.807) is 6.20 Å². The Hall–Kier alpha value is -3.15. The molecule has 156 valence electrons. The number of aryl methyl sites for hydroxylation is 2. The monoisotopic (exact) mass is 404 g/mol. The summed E-state index contributed by atoms with van der Waals surface area (Å²) in [5.41, 5.74) is 5.44. The molecule has 2 aromatic heterocycles. The lowest BCUT2D eigenvalue weighted by Gasteiger charge is -2.14. The van der Waals surface area contributed by atoms with E-state index in [0.717, 1.165) is 46.1 Å². The highest BCUT2D eigenvalue weighted by Gasteiger charge is 2.22. The summed E-state index contributed by atoms with van der Waals surface area (Å²) in [6, 6.07) is 6.24. The van der Waals surface area contributed by atoms with E-state index < -0.39 is 0 Å². The van der Waals surface area contributed by atoms with Gasteiger partial charge in [-0.2, -0.15) is 5.10 Å². The molecule has 6 nitrogen and oxygen atoms in total. The van der Waals surface area contributed by atoms with E-state index in [1.807, 2.05) is 32.9 Å². The van der Waals surface area contributed by atoms with Crippen molar-refractivity contribution in [2.24, 2.45) is 0 Å². The van der Waals surface area contributed by atoms with Gasteiger partial charge in [0.25, 0.3) is 11.5 Å². The summed E-state index contributed by atoms with van der Waals surface area (Å²) >= 11 is 0. The first kappa shape index (κ1) is 20.1. The number of rotatable bonds is 5. The molecule has 1 saturated carbocycles. The maximum absolute atomic E-state index is 13.1. The van der Waals surface area contributed by atoms with Crippen LogP contribution in [0.25, 0.3) is 16.5 Å². The Kier molecular flexibility index (Phi) is 5.33. The van der Waals surface area contributed by atoms with Gasteiger partial charge in [0.05, 0.1) is 23.3 Å². The van der Waals surface area contributed by atoms with Crippen molar-refractivity contribution in [1.82, 2.24) is 20.1 Å². The zero-order chi connectivity index (χ0) is 21.4. The first-order chi connectivity index (χ1) is 14.3. The first-order valence-electron chi connectivity index (χ1n) is 10.5. The van der Waals surface area contributed by atoms with Crippen molar-refractivity contribution in [2.75, 3.05) is 0 Å². The molecule has 0 spiro atoms. The molecule has 2 N–H and O–H groups in total. The van der Waals surface area contributed by atoms with E-state index in [-0.39, 0.29) is 18.0 Å². The van der Waals surface area contributed by atoms with Gasteiger partial charge in [-0.25, -0.2) is 0 Å². The van der Waals surface area contributed by atoms with E-state index in [9.17, 15) is 9.59 Å². The second kappa shape index (κ2) is 7.94. The van der Waals surface area contributed by atoms with Crippen molar-refractivity contribution in [2.45, 2.75) is 59.0 Å². The lowest BCUT2D eigenvalue weighted by atomic mass is 10.0. The molecule has 3 aromatic rings. The zero-order valence-electron chi connectivity index (χ0n) is 17.8. The number of pyridine rings is 1. The largest absolute Gasteiger partial charge is 0.348 e. The van der Waals surface area contributed by atoms with Crippen molar-refractivity contribution >= 4 is 22.4 Å². The third kappa shape index (κ3) is 3.70. The number of benzene rings is 1. The predicted molar refractivity (Wildman–Crippen MR) is 120 cm³/mol. The van der Waals surface area contributed by atoms with E-state index in [1.165, 1.54) is 12.8 Å². The van der Waals surface area contributed by atoms with Crippen molar-refractivity contribution in [3.63, 3.8) is 0 Å². The molecule has 1 amide bonds. The maximum atomic E-state index is 13.1. The van der Waals surface area contributed by atoms with Crippen LogP contribution in [-0.2, 0) is 6.54 Å². The van der Waals surface area contributed by atoms with Gasteiger partial charge in [0.2, 0.25) is 0 Å². The van der Waals surface area contributed by atoms with Crippen LogP contribution in [0.5, 0.6) is 0 Å². The van der Waals surface area contributed by atoms with Crippen LogP contribution in [0.3, 0.4) is 0 Å². The summed E-state index contributed by atoms with van der Waals surface area (Å²) in [6.07, 6.45) is 6.44. The van der Waals surface area contributed by atoms with Gasteiger partial charge < -0.3 is 10.3 Å². The van der Waals surface area contributed by atoms with E-state index in [4.69, 9.17) is 0 Å². The Bertz CT molecular complexity index is 1200. The Morgan fingerprint density at radius 1 is 1.27 bits per heavy atom. The molecule has 1 aromatic carbocycles. The van der Waals surface area contributed by atoms with Crippen molar-refractivity contribution in [3.8, 4) is 0 Å². The number of aromatic amines is 1. The van der Waals surface area contributed by atoms with Crippen LogP contribution in [0.15, 0.2) is 35.8 Å². The molecule has 1 aliphatic carbocycles. The van der Waals surface area contributed by atoms with Gasteiger partial charge in [-0.3, -0.25) is 14.3 Å². The minimum atomic E-state index is -0.214. The normalized spacial score (nSPS) is 14.4. The van der Waals surface area contributed by atoms with Crippen LogP contribution in [0.1, 0.15) is 71.4 Å². The summed E-state index contributed by atoms with van der Waals surface area (Å²) in [5.74, 6) is -0.214. The molecular formula is C24H28N4O2. The predicted octanol–water partition coefficient (Wildman–Crippen LogP) is 4.42. The topological polar surface area (TPSA) is 79.8 Å². The van der Waals surface area contributed by atoms with Gasteiger partial charge in [0, 0.05) is 23.2 Å². The molecule has 0 unspecified atom stereocenters. The molecule has 0 radical (unpaired) electrons. The van der Waals surface area contributed by atoms with Crippen LogP contribution in [0.2, 0.25) is 0 Å². The van der Waals surface area contributed by atoms with Crippen LogP contribution < -0.4 is 10.9 Å². The summed E-state index contributed by atoms with van der Waals surface area (Å²) < 4.78 is 2.07. The van der Waals surface area contributed by atoms with Crippen molar-refractivity contribution in [1.29, 1.82) is 0 Å². The van der Waals surface area contributed by atoms with Gasteiger partial charge in [0.15, 0.2) is 0 Å². The highest BCUT2D eigenvalue weighted by Crippen LogP contribution is 2.33. The fourth-order valence-electron chi connectivity index (χ4n) is 4.38. The Labute approximate surface area is 176 Å². The molecule has 30 heavy (non-hydrogen) atoms. The fourth-order valence-corrected chi connectivity index (χ4v) is 4.38. The number of amides is 1. The summed E-state index contributed by atoms with van der Waals surface area (Å²) in [5, 5.41) is 8.39. The number of nitrogens with zero attached hydrogens (tertiary/aromatic N) is 2. The number of fused-ring (bicyclic) bond motifs is 1. The molecule has 4 rings (SSSR count). The lowest BCUT2D eigenvalue weighted by Crippen LogP contribution is -2.28. The quantitative estimate of drug-likeness (QED) is 0.661. The third-order valence-electron chi connectivity index (χ3n) is 6.04. The minimum absolute atomic E-state index is 0.164. The number of carbonyl (C=O) groups excluding carboxylic acids is 1. The number of carbonyl (C=O) groups is 1. The second-order valence-electron chi connectivity index (χ2n) is 8.39. The van der Waals surface area contributed by atoms with E-state index in [0.29, 0.717) is 17.2 Å². The highest BCUT2D eigenvalue weighted by molar-refractivity contribution is 6.07. The number of aromatic nitrogens is 3. The second-order valence-corrected chi connectivity index (χ2v) is 8.39. The van der Waals surface area contributed by atoms with Gasteiger partial charge in [-0.15, -0.1) is 0 Å². The number of hydrogen-bond acceptors (Lipinski definition) is 3.